The number of ether oxygens (including phenoxy) is 1. The number of nitrogens with one attached hydrogen (secondary N) is 1. The molecule has 2 heterocycles. The Bertz CT molecular complexity index is 1600. The minimum Gasteiger partial charge on any atom is -0.710 e. The summed E-state index contributed by atoms with van der Waals surface area (Å²) in [5.74, 6) is -0.938. The number of sulfone groups is 1. The smallest absolute Gasteiger partial charge is 0.408 e. The minimum absolute atomic E-state index is 0.0227. The Morgan fingerprint density at radius 1 is 1.00 bits per heavy atom. The molecular formula is C24H19BrF4N2O4S. The van der Waals surface area contributed by atoms with Crippen molar-refractivity contribution in [3.8, 4) is 22.6 Å². The Morgan fingerprint density at radius 2 is 1.67 bits per heavy atom. The third-order valence-electron chi connectivity index (χ3n) is 5.91. The van der Waals surface area contributed by atoms with Gasteiger partial charge < -0.3 is 9.94 Å². The van der Waals surface area contributed by atoms with Crippen molar-refractivity contribution in [1.29, 1.82) is 0 Å². The van der Waals surface area contributed by atoms with Crippen LogP contribution in [0, 0.1) is 17.9 Å². The average Bonchev–Trinajstić information content (AvgIpc) is 3.28. The standard InChI is InChI=1S/C24H19BrF4N2O4S/c1-13-10-17(16-8-9-30-22(16)31(13)32)18-12-15(36(33,34)23(2,3)24(27,28)29)5-7-20(18)35-21-6-4-14(25)11-19(21)26/h4-12,30H,1-3H3. The van der Waals surface area contributed by atoms with E-state index in [-0.39, 0.29) is 28.4 Å². The van der Waals surface area contributed by atoms with Crippen molar-refractivity contribution in [2.24, 2.45) is 0 Å². The van der Waals surface area contributed by atoms with Gasteiger partial charge in [0.15, 0.2) is 26.2 Å². The van der Waals surface area contributed by atoms with Crippen molar-refractivity contribution >= 4 is 36.8 Å². The second-order valence-corrected chi connectivity index (χ2v) is 12.0. The molecule has 0 saturated carbocycles. The number of aromatic amines is 1. The van der Waals surface area contributed by atoms with Crippen LogP contribution in [0.4, 0.5) is 17.6 Å². The maximum atomic E-state index is 14.5. The summed E-state index contributed by atoms with van der Waals surface area (Å²) in [6.07, 6.45) is -3.56. The number of fused-ring (bicyclic) bond motifs is 1. The molecule has 12 heteroatoms. The van der Waals surface area contributed by atoms with Gasteiger partial charge in [-0.2, -0.15) is 13.2 Å². The normalized spacial score (nSPS) is 12.8. The molecule has 2 aromatic carbocycles. The second-order valence-electron chi connectivity index (χ2n) is 8.58. The summed E-state index contributed by atoms with van der Waals surface area (Å²) < 4.78 is 85.4. The molecule has 0 fully saturated rings. The van der Waals surface area contributed by atoms with Gasteiger partial charge in [-0.3, -0.25) is 0 Å². The highest BCUT2D eigenvalue weighted by Crippen LogP contribution is 2.44. The molecule has 2 aromatic heterocycles. The number of benzene rings is 2. The van der Waals surface area contributed by atoms with Gasteiger partial charge in [0.2, 0.25) is 0 Å². The van der Waals surface area contributed by atoms with Crippen LogP contribution in [0.1, 0.15) is 19.5 Å². The predicted octanol–water partition coefficient (Wildman–Crippen LogP) is 6.59. The Labute approximate surface area is 212 Å². The fourth-order valence-electron chi connectivity index (χ4n) is 3.59. The summed E-state index contributed by atoms with van der Waals surface area (Å²) in [4.78, 5) is 2.18. The molecule has 0 aliphatic heterocycles. The van der Waals surface area contributed by atoms with E-state index >= 15 is 0 Å². The molecule has 0 amide bonds. The first-order valence-corrected chi connectivity index (χ1v) is 12.7. The molecule has 4 aromatic rings. The van der Waals surface area contributed by atoms with Gasteiger partial charge in [-0.05, 0) is 69.3 Å². The van der Waals surface area contributed by atoms with Crippen LogP contribution in [-0.2, 0) is 9.84 Å². The van der Waals surface area contributed by atoms with Crippen LogP contribution in [0.5, 0.6) is 11.5 Å². The Hall–Kier alpha value is -3.12. The van der Waals surface area contributed by atoms with E-state index in [1.54, 1.807) is 6.07 Å². The Kier molecular flexibility index (Phi) is 6.32. The number of rotatable bonds is 5. The number of hydrogen-bond acceptors (Lipinski definition) is 4. The third-order valence-corrected chi connectivity index (χ3v) is 8.85. The van der Waals surface area contributed by atoms with Crippen molar-refractivity contribution in [1.82, 2.24) is 4.98 Å². The minimum atomic E-state index is -5.05. The molecule has 4 rings (SSSR count). The summed E-state index contributed by atoms with van der Waals surface area (Å²) >= 11 is 3.15. The van der Waals surface area contributed by atoms with Gasteiger partial charge >= 0.3 is 6.18 Å². The number of aromatic nitrogens is 2. The lowest BCUT2D eigenvalue weighted by molar-refractivity contribution is -0.586. The Balaban J connectivity index is 2.00. The largest absolute Gasteiger partial charge is 0.710 e. The second kappa shape index (κ2) is 8.77. The zero-order valence-corrected chi connectivity index (χ0v) is 21.5. The maximum Gasteiger partial charge on any atom is 0.408 e. The van der Waals surface area contributed by atoms with Gasteiger partial charge in [0.05, 0.1) is 16.5 Å². The molecule has 0 atom stereocenters. The Morgan fingerprint density at radius 3 is 2.31 bits per heavy atom. The molecule has 0 spiro atoms. The summed E-state index contributed by atoms with van der Waals surface area (Å²) in [7, 11) is -4.92. The van der Waals surface area contributed by atoms with E-state index in [1.807, 2.05) is 0 Å². The van der Waals surface area contributed by atoms with Crippen molar-refractivity contribution in [3.05, 3.63) is 75.9 Å². The van der Waals surface area contributed by atoms with Gasteiger partial charge in [-0.1, -0.05) is 15.9 Å². The van der Waals surface area contributed by atoms with Crippen molar-refractivity contribution in [2.75, 3.05) is 0 Å². The molecule has 6 nitrogen and oxygen atoms in total. The van der Waals surface area contributed by atoms with Crippen LogP contribution in [0.2, 0.25) is 0 Å². The molecule has 0 aliphatic rings. The summed E-state index contributed by atoms with van der Waals surface area (Å²) in [5, 5.41) is 12.8. The summed E-state index contributed by atoms with van der Waals surface area (Å²) in [6, 6.07) is 10.2. The zero-order valence-electron chi connectivity index (χ0n) is 19.1. The molecule has 0 radical (unpaired) electrons. The molecule has 0 unspecified atom stereocenters. The van der Waals surface area contributed by atoms with Crippen molar-refractivity contribution in [3.63, 3.8) is 0 Å². The third kappa shape index (κ3) is 4.21. The molecule has 190 valence electrons. The molecule has 0 bridgehead atoms. The van der Waals surface area contributed by atoms with Gasteiger partial charge in [0.1, 0.15) is 11.4 Å². The summed E-state index contributed by atoms with van der Waals surface area (Å²) in [6.45, 7) is 2.68. The van der Waals surface area contributed by atoms with E-state index < -0.39 is 31.5 Å². The van der Waals surface area contributed by atoms with Gasteiger partial charge in [0, 0.05) is 15.6 Å². The summed E-state index contributed by atoms with van der Waals surface area (Å²) in [5.41, 5.74) is 0.745. The lowest BCUT2D eigenvalue weighted by Gasteiger charge is -2.28. The zero-order chi connectivity index (χ0) is 26.6. The lowest BCUT2D eigenvalue weighted by atomic mass is 10.0. The number of hydrogen-bond donors (Lipinski definition) is 1. The van der Waals surface area contributed by atoms with Crippen LogP contribution in [0.3, 0.4) is 0 Å². The molecule has 0 aliphatic carbocycles. The van der Waals surface area contributed by atoms with Crippen molar-refractivity contribution in [2.45, 2.75) is 36.6 Å². The molecule has 1 N–H and O–H groups in total. The van der Waals surface area contributed by atoms with Gasteiger partial charge in [-0.25, -0.2) is 22.5 Å². The molecule has 0 saturated heterocycles. The topological polar surface area (TPSA) is 86.1 Å². The monoisotopic (exact) mass is 586 g/mol. The highest BCUT2D eigenvalue weighted by molar-refractivity contribution is 9.10. The number of nitrogens with zero attached hydrogens (tertiary/aromatic N) is 1. The van der Waals surface area contributed by atoms with E-state index in [4.69, 9.17) is 4.74 Å². The van der Waals surface area contributed by atoms with E-state index in [0.29, 0.717) is 34.0 Å². The van der Waals surface area contributed by atoms with E-state index in [0.717, 1.165) is 18.2 Å². The van der Waals surface area contributed by atoms with Crippen LogP contribution in [0.25, 0.3) is 22.2 Å². The SMILES string of the molecule is Cc1cc(-c2cc(S(=O)(=O)C(C)(C)C(F)(F)F)ccc2Oc2ccc(Br)cc2F)c2cc[nH]c2[n+]1[O-]. The van der Waals surface area contributed by atoms with Crippen LogP contribution < -0.4 is 9.47 Å². The highest BCUT2D eigenvalue weighted by Gasteiger charge is 2.57. The highest BCUT2D eigenvalue weighted by atomic mass is 79.9. The van der Waals surface area contributed by atoms with E-state index in [9.17, 15) is 31.2 Å². The molecular weight excluding hydrogens is 568 g/mol. The quantitative estimate of drug-likeness (QED) is 0.162. The first kappa shape index (κ1) is 26.0. The van der Waals surface area contributed by atoms with Gasteiger partial charge in [-0.15, -0.1) is 0 Å². The number of aryl methyl sites for hydroxylation is 1. The van der Waals surface area contributed by atoms with Crippen LogP contribution in [-0.4, -0.2) is 24.3 Å². The molecule has 36 heavy (non-hydrogen) atoms. The lowest BCUT2D eigenvalue weighted by Crippen LogP contribution is -2.46. The number of halogens is 5. The fourth-order valence-corrected chi connectivity index (χ4v) is 5.34. The fraction of sp³-hybridized carbons (Fsp3) is 0.208. The van der Waals surface area contributed by atoms with E-state index in [1.165, 1.54) is 37.4 Å². The number of H-pyrrole nitrogens is 1. The number of pyridine rings is 1. The van der Waals surface area contributed by atoms with Crippen LogP contribution >= 0.6 is 15.9 Å². The maximum absolute atomic E-state index is 14.5. The number of alkyl halides is 3. The van der Waals surface area contributed by atoms with Crippen molar-refractivity contribution < 1.29 is 35.4 Å². The first-order chi connectivity index (χ1) is 16.6. The van der Waals surface area contributed by atoms with Gasteiger partial charge in [0.25, 0.3) is 5.65 Å². The predicted molar refractivity (Wildman–Crippen MR) is 129 cm³/mol. The van der Waals surface area contributed by atoms with Crippen LogP contribution in [0.15, 0.2) is 64.1 Å². The first-order valence-electron chi connectivity index (χ1n) is 10.4. The average molecular weight is 587 g/mol. The van der Waals surface area contributed by atoms with E-state index in [2.05, 4.69) is 20.9 Å².